The van der Waals surface area contributed by atoms with Crippen LogP contribution in [-0.2, 0) is 14.8 Å². The molecule has 1 aliphatic rings. The third-order valence-electron chi connectivity index (χ3n) is 4.56. The van der Waals surface area contributed by atoms with Gasteiger partial charge in [0, 0.05) is 38.9 Å². The number of piperazine rings is 1. The Bertz CT molecular complexity index is 833. The molecular weight excluding hydrogens is 350 g/mol. The van der Waals surface area contributed by atoms with Crippen LogP contribution in [0.25, 0.3) is 0 Å². The summed E-state index contributed by atoms with van der Waals surface area (Å²) in [6.07, 6.45) is 0. The molecule has 1 fully saturated rings. The van der Waals surface area contributed by atoms with Gasteiger partial charge in [0.1, 0.15) is 0 Å². The molecule has 1 heterocycles. The normalized spacial score (nSPS) is 15.3. The highest BCUT2D eigenvalue weighted by molar-refractivity contribution is 7.89. The maximum absolute atomic E-state index is 12.5. The summed E-state index contributed by atoms with van der Waals surface area (Å²) in [5.74, 6) is -0.167. The average Bonchev–Trinajstić information content (AvgIpc) is 2.69. The van der Waals surface area contributed by atoms with Gasteiger partial charge >= 0.3 is 0 Å². The zero-order valence-corrected chi connectivity index (χ0v) is 15.6. The molecular formula is C19H23N3O3S. The summed E-state index contributed by atoms with van der Waals surface area (Å²) in [7, 11) is -2.21. The number of likely N-dealkylation sites (N-methyl/N-ethyl adjacent to an activating group) is 1. The van der Waals surface area contributed by atoms with Gasteiger partial charge in [-0.2, -0.15) is 4.31 Å². The van der Waals surface area contributed by atoms with Crippen LogP contribution in [0.5, 0.6) is 0 Å². The van der Waals surface area contributed by atoms with Crippen LogP contribution in [-0.4, -0.2) is 63.3 Å². The van der Waals surface area contributed by atoms with Gasteiger partial charge in [0.25, 0.3) is 0 Å². The number of sulfonamides is 1. The van der Waals surface area contributed by atoms with E-state index < -0.39 is 10.0 Å². The van der Waals surface area contributed by atoms with E-state index in [2.05, 4.69) is 17.0 Å². The molecule has 1 saturated heterocycles. The van der Waals surface area contributed by atoms with Gasteiger partial charge in [-0.1, -0.05) is 36.4 Å². The number of benzene rings is 2. The number of amides is 1. The van der Waals surface area contributed by atoms with E-state index in [4.69, 9.17) is 0 Å². The van der Waals surface area contributed by atoms with Crippen LogP contribution in [0, 0.1) is 0 Å². The molecule has 6 nitrogen and oxygen atoms in total. The van der Waals surface area contributed by atoms with Gasteiger partial charge in [0.2, 0.25) is 15.9 Å². The quantitative estimate of drug-likeness (QED) is 0.800. The van der Waals surface area contributed by atoms with Gasteiger partial charge < -0.3 is 9.80 Å². The van der Waals surface area contributed by atoms with Gasteiger partial charge in [-0.05, 0) is 24.3 Å². The van der Waals surface area contributed by atoms with Gasteiger partial charge in [0.05, 0.1) is 11.4 Å². The Kier molecular flexibility index (Phi) is 5.58. The summed E-state index contributed by atoms with van der Waals surface area (Å²) in [6, 6.07) is 18.3. The van der Waals surface area contributed by atoms with E-state index in [9.17, 15) is 13.2 Å². The second-order valence-electron chi connectivity index (χ2n) is 6.28. The molecule has 7 heteroatoms. The predicted molar refractivity (Wildman–Crippen MR) is 101 cm³/mol. The van der Waals surface area contributed by atoms with E-state index in [1.165, 1.54) is 19.2 Å². The maximum atomic E-state index is 12.5. The van der Waals surface area contributed by atoms with Crippen LogP contribution in [0.4, 0.5) is 5.69 Å². The fourth-order valence-electron chi connectivity index (χ4n) is 3.00. The number of anilines is 1. The minimum absolute atomic E-state index is 0.150. The van der Waals surface area contributed by atoms with Crippen molar-refractivity contribution in [2.45, 2.75) is 4.90 Å². The Morgan fingerprint density at radius 2 is 1.46 bits per heavy atom. The highest BCUT2D eigenvalue weighted by atomic mass is 32.2. The standard InChI is InChI=1S/C19H23N3O3S/c1-20(26(24,25)18-10-6-3-7-11-18)16-19(23)22-14-12-21(13-15-22)17-8-4-2-5-9-17/h2-11H,12-16H2,1H3. The summed E-state index contributed by atoms with van der Waals surface area (Å²) in [5.41, 5.74) is 1.14. The van der Waals surface area contributed by atoms with Gasteiger partial charge in [-0.25, -0.2) is 8.42 Å². The molecule has 0 atom stereocenters. The first kappa shape index (κ1) is 18.4. The molecule has 1 aliphatic heterocycles. The summed E-state index contributed by atoms with van der Waals surface area (Å²) in [6.45, 7) is 2.51. The van der Waals surface area contributed by atoms with Crippen molar-refractivity contribution in [1.29, 1.82) is 0 Å². The van der Waals surface area contributed by atoms with E-state index in [-0.39, 0.29) is 17.3 Å². The molecule has 2 aromatic carbocycles. The number of carbonyl (C=O) groups is 1. The summed E-state index contributed by atoms with van der Waals surface area (Å²) >= 11 is 0. The van der Waals surface area contributed by atoms with Crippen LogP contribution in [0.2, 0.25) is 0 Å². The SMILES string of the molecule is CN(CC(=O)N1CCN(c2ccccc2)CC1)S(=O)(=O)c1ccccc1. The molecule has 0 unspecified atom stereocenters. The Morgan fingerprint density at radius 1 is 0.923 bits per heavy atom. The molecule has 0 aromatic heterocycles. The summed E-state index contributed by atoms with van der Waals surface area (Å²) in [5, 5.41) is 0. The fourth-order valence-corrected chi connectivity index (χ4v) is 4.14. The van der Waals surface area contributed by atoms with Crippen LogP contribution < -0.4 is 4.90 Å². The first-order chi connectivity index (χ1) is 12.5. The molecule has 0 bridgehead atoms. The highest BCUT2D eigenvalue weighted by Gasteiger charge is 2.27. The van der Waals surface area contributed by atoms with Crippen molar-refractivity contribution in [3.63, 3.8) is 0 Å². The van der Waals surface area contributed by atoms with Gasteiger partial charge in [-0.15, -0.1) is 0 Å². The third kappa shape index (κ3) is 4.05. The molecule has 0 saturated carbocycles. The number of hydrogen-bond donors (Lipinski definition) is 0. The minimum Gasteiger partial charge on any atom is -0.368 e. The zero-order valence-electron chi connectivity index (χ0n) is 14.8. The lowest BCUT2D eigenvalue weighted by Gasteiger charge is -2.36. The minimum atomic E-state index is -3.65. The second kappa shape index (κ2) is 7.88. The molecule has 138 valence electrons. The predicted octanol–water partition coefficient (Wildman–Crippen LogP) is 1.66. The van der Waals surface area contributed by atoms with Crippen LogP contribution >= 0.6 is 0 Å². The van der Waals surface area contributed by atoms with Crippen molar-refractivity contribution in [3.05, 3.63) is 60.7 Å². The van der Waals surface area contributed by atoms with Gasteiger partial charge in [-0.3, -0.25) is 4.79 Å². The zero-order chi connectivity index (χ0) is 18.6. The van der Waals surface area contributed by atoms with E-state index in [1.54, 1.807) is 23.1 Å². The highest BCUT2D eigenvalue weighted by Crippen LogP contribution is 2.17. The van der Waals surface area contributed by atoms with Crippen LogP contribution in [0.15, 0.2) is 65.6 Å². The second-order valence-corrected chi connectivity index (χ2v) is 8.32. The van der Waals surface area contributed by atoms with E-state index in [0.29, 0.717) is 13.1 Å². The largest absolute Gasteiger partial charge is 0.368 e. The number of nitrogens with zero attached hydrogens (tertiary/aromatic N) is 3. The topological polar surface area (TPSA) is 60.9 Å². The Hall–Kier alpha value is -2.38. The van der Waals surface area contributed by atoms with Crippen molar-refractivity contribution >= 4 is 21.6 Å². The molecule has 0 radical (unpaired) electrons. The smallest absolute Gasteiger partial charge is 0.243 e. The molecule has 0 aliphatic carbocycles. The number of rotatable bonds is 5. The monoisotopic (exact) mass is 373 g/mol. The maximum Gasteiger partial charge on any atom is 0.243 e. The Morgan fingerprint density at radius 3 is 2.04 bits per heavy atom. The summed E-state index contributed by atoms with van der Waals surface area (Å²) < 4.78 is 26.2. The van der Waals surface area contributed by atoms with Gasteiger partial charge in [0.15, 0.2) is 0 Å². The van der Waals surface area contributed by atoms with Crippen LogP contribution in [0.1, 0.15) is 0 Å². The molecule has 1 amide bonds. The first-order valence-electron chi connectivity index (χ1n) is 8.57. The molecule has 3 rings (SSSR count). The fraction of sp³-hybridized carbons (Fsp3) is 0.316. The molecule has 2 aromatic rings. The van der Waals surface area contributed by atoms with Crippen molar-refractivity contribution in [2.75, 3.05) is 44.7 Å². The molecule has 0 spiro atoms. The van der Waals surface area contributed by atoms with Crippen molar-refractivity contribution in [3.8, 4) is 0 Å². The number of para-hydroxylation sites is 1. The lowest BCUT2D eigenvalue weighted by Crippen LogP contribution is -2.51. The van der Waals surface area contributed by atoms with E-state index in [1.807, 2.05) is 18.2 Å². The van der Waals surface area contributed by atoms with Crippen molar-refractivity contribution in [1.82, 2.24) is 9.21 Å². The van der Waals surface area contributed by atoms with Crippen molar-refractivity contribution < 1.29 is 13.2 Å². The molecule has 26 heavy (non-hydrogen) atoms. The number of carbonyl (C=O) groups excluding carboxylic acids is 1. The average molecular weight is 373 g/mol. The third-order valence-corrected chi connectivity index (χ3v) is 6.38. The summed E-state index contributed by atoms with van der Waals surface area (Å²) in [4.78, 5) is 16.7. The Balaban J connectivity index is 1.57. The molecule has 0 N–H and O–H groups in total. The van der Waals surface area contributed by atoms with E-state index in [0.717, 1.165) is 23.1 Å². The van der Waals surface area contributed by atoms with E-state index >= 15 is 0 Å². The van der Waals surface area contributed by atoms with Crippen molar-refractivity contribution in [2.24, 2.45) is 0 Å². The lowest BCUT2D eigenvalue weighted by atomic mass is 10.2. The first-order valence-corrected chi connectivity index (χ1v) is 10.0. The Labute approximate surface area is 154 Å². The number of hydrogen-bond acceptors (Lipinski definition) is 4. The lowest BCUT2D eigenvalue weighted by molar-refractivity contribution is -0.131. The van der Waals surface area contributed by atoms with Crippen LogP contribution in [0.3, 0.4) is 0 Å².